The standard InChI is InChI=1S/C22H23F3N2O3S/c1-31(29,30)26-14-6-5-11-27(13-14)21(28)17-12-22(17,25)16-8-3-2-7-15(16)20-18(23)9-4-10-19(20)24/h2-4,7-10,14,17,26H,5-6,11-13H2,1H3/t14-,17-,22+/m0/s1. The maximum absolute atomic E-state index is 15.9. The van der Waals surface area contributed by atoms with Gasteiger partial charge in [-0.2, -0.15) is 0 Å². The number of carbonyl (C=O) groups is 1. The van der Waals surface area contributed by atoms with Gasteiger partial charge in [0.15, 0.2) is 0 Å². The predicted octanol–water partition coefficient (Wildman–Crippen LogP) is 3.36. The lowest BCUT2D eigenvalue weighted by Crippen LogP contribution is -2.50. The van der Waals surface area contributed by atoms with Gasteiger partial charge in [0.25, 0.3) is 0 Å². The van der Waals surface area contributed by atoms with Crippen molar-refractivity contribution in [1.82, 2.24) is 9.62 Å². The molecule has 1 saturated carbocycles. The highest BCUT2D eigenvalue weighted by molar-refractivity contribution is 7.88. The second-order valence-electron chi connectivity index (χ2n) is 8.27. The van der Waals surface area contributed by atoms with Crippen LogP contribution in [-0.4, -0.2) is 44.6 Å². The molecule has 5 nitrogen and oxygen atoms in total. The summed E-state index contributed by atoms with van der Waals surface area (Å²) in [4.78, 5) is 14.5. The van der Waals surface area contributed by atoms with Gasteiger partial charge in [-0.15, -0.1) is 0 Å². The number of benzene rings is 2. The van der Waals surface area contributed by atoms with Gasteiger partial charge in [-0.25, -0.2) is 26.3 Å². The Kier molecular flexibility index (Phi) is 5.59. The fourth-order valence-electron chi connectivity index (χ4n) is 4.43. The van der Waals surface area contributed by atoms with Crippen molar-refractivity contribution in [3.63, 3.8) is 0 Å². The molecule has 2 aromatic rings. The highest BCUT2D eigenvalue weighted by atomic mass is 32.2. The van der Waals surface area contributed by atoms with Gasteiger partial charge in [-0.05, 0) is 36.1 Å². The topological polar surface area (TPSA) is 66.5 Å². The van der Waals surface area contributed by atoms with E-state index in [1.807, 2.05) is 0 Å². The van der Waals surface area contributed by atoms with E-state index >= 15 is 4.39 Å². The maximum Gasteiger partial charge on any atom is 0.229 e. The number of alkyl halides is 1. The lowest BCUT2D eigenvalue weighted by Gasteiger charge is -2.33. The van der Waals surface area contributed by atoms with Crippen LogP contribution in [0.4, 0.5) is 13.2 Å². The van der Waals surface area contributed by atoms with E-state index in [0.29, 0.717) is 19.4 Å². The molecule has 1 amide bonds. The quantitative estimate of drug-likeness (QED) is 0.757. The molecule has 0 aromatic heterocycles. The summed E-state index contributed by atoms with van der Waals surface area (Å²) in [6.07, 6.45) is 2.17. The first-order valence-corrected chi connectivity index (χ1v) is 12.0. The number of carbonyl (C=O) groups excluding carboxylic acids is 1. The fraction of sp³-hybridized carbons (Fsp3) is 0.409. The molecular formula is C22H23F3N2O3S. The maximum atomic E-state index is 15.9. The van der Waals surface area contributed by atoms with Crippen LogP contribution < -0.4 is 4.72 Å². The van der Waals surface area contributed by atoms with Crippen LogP contribution in [0.3, 0.4) is 0 Å². The van der Waals surface area contributed by atoms with Crippen LogP contribution in [0.5, 0.6) is 0 Å². The van der Waals surface area contributed by atoms with Crippen LogP contribution in [0.2, 0.25) is 0 Å². The molecule has 2 aromatic carbocycles. The van der Waals surface area contributed by atoms with Crippen LogP contribution in [0.1, 0.15) is 24.8 Å². The van der Waals surface area contributed by atoms with Gasteiger partial charge in [-0.1, -0.05) is 30.3 Å². The summed E-state index contributed by atoms with van der Waals surface area (Å²) in [5, 5.41) is 0. The van der Waals surface area contributed by atoms with Crippen LogP contribution in [-0.2, 0) is 20.5 Å². The summed E-state index contributed by atoms with van der Waals surface area (Å²) in [7, 11) is -3.42. The SMILES string of the molecule is CS(=O)(=O)N[C@H]1CCCN(C(=O)[C@@H]2C[C@@]2(F)c2ccccc2-c2c(F)cccc2F)C1. The van der Waals surface area contributed by atoms with Crippen molar-refractivity contribution < 1.29 is 26.4 Å². The van der Waals surface area contributed by atoms with E-state index in [2.05, 4.69) is 4.72 Å². The fourth-order valence-corrected chi connectivity index (χ4v) is 5.23. The minimum absolute atomic E-state index is 0.0835. The first kappa shape index (κ1) is 21.8. The number of nitrogens with zero attached hydrogens (tertiary/aromatic N) is 1. The number of hydrogen-bond donors (Lipinski definition) is 1. The van der Waals surface area contributed by atoms with Crippen molar-refractivity contribution in [1.29, 1.82) is 0 Å². The van der Waals surface area contributed by atoms with E-state index in [9.17, 15) is 22.0 Å². The third-order valence-corrected chi connectivity index (χ3v) is 6.67. The zero-order chi connectivity index (χ0) is 22.4. The van der Waals surface area contributed by atoms with Gasteiger partial charge in [0, 0.05) is 25.6 Å². The summed E-state index contributed by atoms with van der Waals surface area (Å²) < 4.78 is 70.1. The largest absolute Gasteiger partial charge is 0.341 e. The summed E-state index contributed by atoms with van der Waals surface area (Å²) in [5.41, 5.74) is -2.17. The molecule has 31 heavy (non-hydrogen) atoms. The smallest absolute Gasteiger partial charge is 0.229 e. The Labute approximate surface area is 179 Å². The van der Waals surface area contributed by atoms with Crippen LogP contribution in [0.15, 0.2) is 42.5 Å². The molecule has 0 unspecified atom stereocenters. The zero-order valence-electron chi connectivity index (χ0n) is 16.9. The molecule has 9 heteroatoms. The molecule has 0 spiro atoms. The van der Waals surface area contributed by atoms with E-state index in [1.165, 1.54) is 23.1 Å². The van der Waals surface area contributed by atoms with E-state index in [1.54, 1.807) is 12.1 Å². The van der Waals surface area contributed by atoms with E-state index in [-0.39, 0.29) is 29.7 Å². The second-order valence-corrected chi connectivity index (χ2v) is 10.1. The lowest BCUT2D eigenvalue weighted by molar-refractivity contribution is -0.135. The summed E-state index contributed by atoms with van der Waals surface area (Å²) >= 11 is 0. The van der Waals surface area contributed by atoms with Crippen molar-refractivity contribution in [2.24, 2.45) is 5.92 Å². The molecule has 1 aliphatic carbocycles. The van der Waals surface area contributed by atoms with Crippen molar-refractivity contribution in [3.05, 3.63) is 59.7 Å². The zero-order valence-corrected chi connectivity index (χ0v) is 17.8. The monoisotopic (exact) mass is 452 g/mol. The minimum Gasteiger partial charge on any atom is -0.341 e. The number of amides is 1. The number of rotatable bonds is 5. The highest BCUT2D eigenvalue weighted by Crippen LogP contribution is 2.58. The van der Waals surface area contributed by atoms with Gasteiger partial charge in [0.2, 0.25) is 15.9 Å². The Morgan fingerprint density at radius 1 is 1.13 bits per heavy atom. The summed E-state index contributed by atoms with van der Waals surface area (Å²) in [5.74, 6) is -2.98. The number of likely N-dealkylation sites (tertiary alicyclic amines) is 1. The summed E-state index contributed by atoms with van der Waals surface area (Å²) in [6, 6.07) is 9.09. The molecule has 1 saturated heterocycles. The first-order chi connectivity index (χ1) is 14.6. The number of hydrogen-bond acceptors (Lipinski definition) is 3. The molecule has 1 aliphatic heterocycles. The normalized spacial score (nSPS) is 26.0. The number of halogens is 3. The molecule has 0 radical (unpaired) electrons. The molecular weight excluding hydrogens is 429 g/mol. The van der Waals surface area contributed by atoms with Crippen molar-refractivity contribution in [3.8, 4) is 11.1 Å². The Bertz CT molecular complexity index is 1100. The lowest BCUT2D eigenvalue weighted by atomic mass is 9.93. The number of nitrogens with one attached hydrogen (secondary N) is 1. The van der Waals surface area contributed by atoms with Crippen molar-refractivity contribution >= 4 is 15.9 Å². The van der Waals surface area contributed by atoms with Gasteiger partial charge < -0.3 is 4.90 Å². The molecule has 166 valence electrons. The molecule has 2 fully saturated rings. The number of piperidine rings is 1. The Morgan fingerprint density at radius 2 is 1.81 bits per heavy atom. The van der Waals surface area contributed by atoms with Gasteiger partial charge >= 0.3 is 0 Å². The van der Waals surface area contributed by atoms with Crippen molar-refractivity contribution in [2.75, 3.05) is 19.3 Å². The third-order valence-electron chi connectivity index (χ3n) is 5.91. The molecule has 1 N–H and O–H groups in total. The molecule has 4 rings (SSSR count). The van der Waals surface area contributed by atoms with Gasteiger partial charge in [0.1, 0.15) is 17.3 Å². The highest BCUT2D eigenvalue weighted by Gasteiger charge is 2.62. The Hall–Kier alpha value is -2.39. The average Bonchev–Trinajstić information content (AvgIpc) is 3.39. The van der Waals surface area contributed by atoms with Crippen LogP contribution in [0, 0.1) is 17.6 Å². The van der Waals surface area contributed by atoms with E-state index < -0.39 is 45.2 Å². The third kappa shape index (κ3) is 4.34. The van der Waals surface area contributed by atoms with Crippen molar-refractivity contribution in [2.45, 2.75) is 31.0 Å². The van der Waals surface area contributed by atoms with Gasteiger partial charge in [-0.3, -0.25) is 4.79 Å². The Morgan fingerprint density at radius 3 is 2.48 bits per heavy atom. The van der Waals surface area contributed by atoms with Crippen LogP contribution >= 0.6 is 0 Å². The van der Waals surface area contributed by atoms with E-state index in [4.69, 9.17) is 0 Å². The Balaban J connectivity index is 1.58. The molecule has 0 bridgehead atoms. The second kappa shape index (κ2) is 7.94. The average molecular weight is 452 g/mol. The van der Waals surface area contributed by atoms with Crippen LogP contribution in [0.25, 0.3) is 11.1 Å². The molecule has 1 heterocycles. The minimum atomic E-state index is -3.42. The summed E-state index contributed by atoms with van der Waals surface area (Å²) in [6.45, 7) is 0.582. The first-order valence-electron chi connectivity index (χ1n) is 10.1. The van der Waals surface area contributed by atoms with E-state index in [0.717, 1.165) is 18.4 Å². The molecule has 2 aliphatic rings. The van der Waals surface area contributed by atoms with Gasteiger partial charge in [0.05, 0.1) is 17.7 Å². The molecule has 3 atom stereocenters. The predicted molar refractivity (Wildman–Crippen MR) is 110 cm³/mol. The number of sulfonamides is 1.